The van der Waals surface area contributed by atoms with Gasteiger partial charge in [0, 0.05) is 11.1 Å². The molecule has 0 saturated carbocycles. The van der Waals surface area contributed by atoms with E-state index in [1.807, 2.05) is 36.4 Å². The summed E-state index contributed by atoms with van der Waals surface area (Å²) in [6.45, 7) is 6.32. The fourth-order valence-corrected chi connectivity index (χ4v) is 2.75. The van der Waals surface area contributed by atoms with Gasteiger partial charge < -0.3 is 4.79 Å². The number of rotatable bonds is 4. The molecule has 2 heteroatoms. The molecule has 2 rings (SSSR count). The molecule has 0 N–H and O–H groups in total. The zero-order valence-electron chi connectivity index (χ0n) is 13.4. The minimum Gasteiger partial charge on any atom is -0.302 e. The summed E-state index contributed by atoms with van der Waals surface area (Å²) in [5.41, 5.74) is 0.623. The van der Waals surface area contributed by atoms with Crippen LogP contribution >= 0.6 is 0 Å². The van der Waals surface area contributed by atoms with Gasteiger partial charge in [-0.2, -0.15) is 0 Å². The predicted molar refractivity (Wildman–Crippen MR) is 89.7 cm³/mol. The van der Waals surface area contributed by atoms with Crippen molar-refractivity contribution in [2.75, 3.05) is 0 Å². The number of hydrogen-bond acceptors (Lipinski definition) is 2. The van der Waals surface area contributed by atoms with Crippen molar-refractivity contribution in [1.82, 2.24) is 0 Å². The highest BCUT2D eigenvalue weighted by molar-refractivity contribution is 6.10. The van der Waals surface area contributed by atoms with Crippen LogP contribution in [0, 0.1) is 10.8 Å². The fraction of sp³-hybridized carbons (Fsp3) is 0.300. The third-order valence-electron chi connectivity index (χ3n) is 3.61. The summed E-state index contributed by atoms with van der Waals surface area (Å²) in [4.78, 5) is 24.1. The van der Waals surface area contributed by atoms with Crippen LogP contribution in [0.4, 0.5) is 0 Å². The maximum absolute atomic E-state index is 12.5. The molecule has 0 fully saturated rings. The van der Waals surface area contributed by atoms with E-state index in [0.29, 0.717) is 17.6 Å². The zero-order valence-corrected chi connectivity index (χ0v) is 13.4. The van der Waals surface area contributed by atoms with Crippen molar-refractivity contribution >= 4 is 12.1 Å². The Balaban J connectivity index is 2.28. The molecular weight excluding hydrogens is 272 g/mol. The number of allylic oxidation sites excluding steroid dienone is 6. The highest BCUT2D eigenvalue weighted by atomic mass is 16.1. The van der Waals surface area contributed by atoms with Crippen LogP contribution < -0.4 is 0 Å². The van der Waals surface area contributed by atoms with E-state index in [9.17, 15) is 9.59 Å². The minimum atomic E-state index is -0.645. The first-order chi connectivity index (χ1) is 10.4. The Morgan fingerprint density at radius 1 is 1.14 bits per heavy atom. The highest BCUT2D eigenvalue weighted by Gasteiger charge is 2.30. The van der Waals surface area contributed by atoms with E-state index in [0.717, 1.165) is 6.29 Å². The number of carbonyl (C=O) groups excluding carboxylic acids is 2. The van der Waals surface area contributed by atoms with Crippen LogP contribution in [0.5, 0.6) is 0 Å². The van der Waals surface area contributed by atoms with Crippen LogP contribution in [-0.2, 0) is 4.79 Å². The summed E-state index contributed by atoms with van der Waals surface area (Å²) in [5, 5.41) is 0. The first kappa shape index (κ1) is 16.2. The average Bonchev–Trinajstić information content (AvgIpc) is 2.69. The van der Waals surface area contributed by atoms with Gasteiger partial charge in [0.25, 0.3) is 0 Å². The fourth-order valence-electron chi connectivity index (χ4n) is 2.75. The van der Waals surface area contributed by atoms with E-state index >= 15 is 0 Å². The molecule has 22 heavy (non-hydrogen) atoms. The molecule has 1 atom stereocenters. The van der Waals surface area contributed by atoms with Crippen LogP contribution in [0.15, 0.2) is 66.3 Å². The highest BCUT2D eigenvalue weighted by Crippen LogP contribution is 2.36. The van der Waals surface area contributed by atoms with Gasteiger partial charge >= 0.3 is 0 Å². The molecule has 0 spiro atoms. The molecule has 0 bridgehead atoms. The van der Waals surface area contributed by atoms with Gasteiger partial charge in [-0.05, 0) is 11.8 Å². The van der Waals surface area contributed by atoms with Crippen molar-refractivity contribution in [1.29, 1.82) is 0 Å². The van der Waals surface area contributed by atoms with E-state index in [2.05, 4.69) is 20.8 Å². The first-order valence-electron chi connectivity index (χ1n) is 7.50. The Morgan fingerprint density at radius 2 is 1.82 bits per heavy atom. The van der Waals surface area contributed by atoms with Gasteiger partial charge in [0.1, 0.15) is 6.29 Å². The molecule has 0 aliphatic heterocycles. The largest absolute Gasteiger partial charge is 0.302 e. The van der Waals surface area contributed by atoms with Gasteiger partial charge in [0.2, 0.25) is 0 Å². The van der Waals surface area contributed by atoms with Crippen molar-refractivity contribution in [3.8, 4) is 0 Å². The second-order valence-corrected chi connectivity index (χ2v) is 6.98. The van der Waals surface area contributed by atoms with Crippen LogP contribution in [0.3, 0.4) is 0 Å². The van der Waals surface area contributed by atoms with Crippen LogP contribution in [0.25, 0.3) is 0 Å². The first-order valence-corrected chi connectivity index (χ1v) is 7.50. The monoisotopic (exact) mass is 294 g/mol. The molecule has 0 aromatic heterocycles. The van der Waals surface area contributed by atoms with Crippen LogP contribution in [0.1, 0.15) is 37.6 Å². The lowest BCUT2D eigenvalue weighted by Gasteiger charge is -2.29. The number of carbonyl (C=O) groups is 2. The van der Waals surface area contributed by atoms with E-state index in [4.69, 9.17) is 0 Å². The molecule has 1 unspecified atom stereocenters. The summed E-state index contributed by atoms with van der Waals surface area (Å²) in [5.74, 6) is -0.0287. The maximum atomic E-state index is 12.5. The summed E-state index contributed by atoms with van der Waals surface area (Å²) >= 11 is 0. The van der Waals surface area contributed by atoms with E-state index < -0.39 is 5.41 Å². The molecule has 2 nitrogen and oxygen atoms in total. The quantitative estimate of drug-likeness (QED) is 0.603. The summed E-state index contributed by atoms with van der Waals surface area (Å²) in [6.07, 6.45) is 10.8. The molecule has 1 aromatic carbocycles. The van der Waals surface area contributed by atoms with E-state index in [-0.39, 0.29) is 11.2 Å². The number of benzene rings is 1. The molecule has 1 aromatic rings. The molecule has 0 amide bonds. The van der Waals surface area contributed by atoms with Gasteiger partial charge in [0.15, 0.2) is 5.78 Å². The second kappa shape index (κ2) is 6.27. The Kier molecular flexibility index (Phi) is 4.60. The van der Waals surface area contributed by atoms with Crippen LogP contribution in [-0.4, -0.2) is 12.1 Å². The van der Waals surface area contributed by atoms with Crippen molar-refractivity contribution in [3.63, 3.8) is 0 Å². The lowest BCUT2D eigenvalue weighted by Crippen LogP contribution is -2.24. The van der Waals surface area contributed by atoms with Gasteiger partial charge in [-0.1, -0.05) is 81.5 Å². The van der Waals surface area contributed by atoms with Gasteiger partial charge in [-0.15, -0.1) is 0 Å². The molecule has 1 aliphatic carbocycles. The Hall–Kier alpha value is -2.22. The summed E-state index contributed by atoms with van der Waals surface area (Å²) < 4.78 is 0. The predicted octanol–water partition coefficient (Wildman–Crippen LogP) is 4.54. The average molecular weight is 294 g/mol. The van der Waals surface area contributed by atoms with Gasteiger partial charge in [-0.25, -0.2) is 0 Å². The topological polar surface area (TPSA) is 34.1 Å². The third-order valence-corrected chi connectivity index (χ3v) is 3.61. The van der Waals surface area contributed by atoms with Gasteiger partial charge in [-0.3, -0.25) is 4.79 Å². The minimum absolute atomic E-state index is 0.0174. The Labute approximate surface area is 132 Å². The normalized spacial score (nSPS) is 21.1. The lowest BCUT2D eigenvalue weighted by molar-refractivity contribution is -0.113. The SMILES string of the molecule is CC(C)(C)CC1(C=O)C=CC=C(C(=O)c2ccccc2)C=C1. The molecular formula is C20H22O2. The number of ketones is 1. The summed E-state index contributed by atoms with van der Waals surface area (Å²) in [7, 11) is 0. The molecule has 0 radical (unpaired) electrons. The van der Waals surface area contributed by atoms with E-state index in [1.54, 1.807) is 24.3 Å². The number of aldehydes is 1. The summed E-state index contributed by atoms with van der Waals surface area (Å²) in [6, 6.07) is 9.18. The molecule has 1 aliphatic rings. The Bertz CT molecular complexity index is 642. The van der Waals surface area contributed by atoms with Gasteiger partial charge in [0.05, 0.1) is 5.41 Å². The number of Topliss-reactive ketones (excluding diaryl/α,β-unsaturated/α-hetero) is 1. The van der Waals surface area contributed by atoms with Crippen molar-refractivity contribution in [2.24, 2.45) is 10.8 Å². The lowest BCUT2D eigenvalue weighted by atomic mass is 9.74. The smallest absolute Gasteiger partial charge is 0.193 e. The van der Waals surface area contributed by atoms with Crippen LogP contribution in [0.2, 0.25) is 0 Å². The van der Waals surface area contributed by atoms with Crippen molar-refractivity contribution < 1.29 is 9.59 Å². The molecule has 0 heterocycles. The van der Waals surface area contributed by atoms with E-state index in [1.165, 1.54) is 0 Å². The Morgan fingerprint density at radius 3 is 2.41 bits per heavy atom. The number of hydrogen-bond donors (Lipinski definition) is 0. The second-order valence-electron chi connectivity index (χ2n) is 6.98. The zero-order chi connectivity index (χ0) is 16.2. The maximum Gasteiger partial charge on any atom is 0.193 e. The van der Waals surface area contributed by atoms with Crippen molar-refractivity contribution in [2.45, 2.75) is 27.2 Å². The molecule has 0 saturated heterocycles. The molecule has 114 valence electrons. The third kappa shape index (κ3) is 3.91. The van der Waals surface area contributed by atoms with Crippen molar-refractivity contribution in [3.05, 3.63) is 71.8 Å². The standard InChI is InChI=1S/C20H22O2/c1-19(2,3)14-20(15-21)12-7-10-17(11-13-20)18(22)16-8-5-4-6-9-16/h4-13,15H,14H2,1-3H3.